The van der Waals surface area contributed by atoms with Crippen LogP contribution in [0.15, 0.2) is 60.7 Å². The molecule has 0 saturated carbocycles. The molecule has 2 aromatic rings. The van der Waals surface area contributed by atoms with Gasteiger partial charge in [0, 0.05) is 4.75 Å². The Labute approximate surface area is 195 Å². The van der Waals surface area contributed by atoms with Gasteiger partial charge in [0.25, 0.3) is 0 Å². The molecule has 8 nitrogen and oxygen atoms in total. The lowest BCUT2D eigenvalue weighted by Crippen LogP contribution is -2.71. The quantitative estimate of drug-likeness (QED) is 0.364. The summed E-state index contributed by atoms with van der Waals surface area (Å²) >= 11 is 1.32. The van der Waals surface area contributed by atoms with E-state index in [2.05, 4.69) is 5.32 Å². The van der Waals surface area contributed by atoms with Crippen molar-refractivity contribution in [2.24, 2.45) is 0 Å². The van der Waals surface area contributed by atoms with Crippen molar-refractivity contribution in [3.8, 4) is 0 Å². The van der Waals surface area contributed by atoms with E-state index < -0.39 is 51.9 Å². The summed E-state index contributed by atoms with van der Waals surface area (Å²) in [6.07, 6.45) is 0. The van der Waals surface area contributed by atoms with E-state index in [9.17, 15) is 24.3 Å². The van der Waals surface area contributed by atoms with Crippen molar-refractivity contribution >= 4 is 35.5 Å². The molecule has 0 aromatic heterocycles. The van der Waals surface area contributed by atoms with Gasteiger partial charge in [-0.3, -0.25) is 14.4 Å². The predicted octanol–water partition coefficient (Wildman–Crippen LogP) is 2.15. The van der Waals surface area contributed by atoms with Crippen molar-refractivity contribution in [1.29, 1.82) is 0 Å². The van der Waals surface area contributed by atoms with E-state index in [1.54, 1.807) is 44.2 Å². The summed E-state index contributed by atoms with van der Waals surface area (Å²) in [6, 6.07) is 15.7. The first kappa shape index (κ1) is 22.8. The molecule has 9 heteroatoms. The summed E-state index contributed by atoms with van der Waals surface area (Å²) < 4.78 is 4.71. The Bertz CT molecular complexity index is 1070. The molecule has 0 aliphatic carbocycles. The van der Waals surface area contributed by atoms with Gasteiger partial charge in [-0.1, -0.05) is 60.7 Å². The molecule has 2 saturated heterocycles. The maximum absolute atomic E-state index is 13.2. The maximum atomic E-state index is 13.2. The summed E-state index contributed by atoms with van der Waals surface area (Å²) in [7, 11) is 0. The molecule has 0 spiro atoms. The molecule has 0 bridgehead atoms. The van der Waals surface area contributed by atoms with Gasteiger partial charge in [0.05, 0.1) is 0 Å². The minimum atomic E-state index is -1.26. The number of aliphatic carboxylic acids is 1. The molecule has 2 aromatic carbocycles. The first-order chi connectivity index (χ1) is 15.7. The van der Waals surface area contributed by atoms with Crippen molar-refractivity contribution in [2.45, 2.75) is 48.6 Å². The first-order valence-electron chi connectivity index (χ1n) is 10.5. The fraction of sp³-hybridized carbons (Fsp3) is 0.333. The van der Waals surface area contributed by atoms with Crippen LogP contribution in [0.5, 0.6) is 0 Å². The summed E-state index contributed by atoms with van der Waals surface area (Å²) in [6.45, 7) is 3.53. The topological polar surface area (TPSA) is 113 Å². The number of β-lactam (4-membered cyclic amide) rings is 1. The molecule has 0 radical (unpaired) electrons. The molecular weight excluding hydrogens is 444 g/mol. The van der Waals surface area contributed by atoms with Gasteiger partial charge >= 0.3 is 11.9 Å². The van der Waals surface area contributed by atoms with Crippen molar-refractivity contribution < 1.29 is 29.0 Å². The van der Waals surface area contributed by atoms with Gasteiger partial charge in [-0.15, -0.1) is 11.8 Å². The lowest BCUT2D eigenvalue weighted by atomic mass is 9.94. The minimum absolute atomic E-state index is 0.0133. The number of esters is 1. The SMILES string of the molecule is CC1(C)S[C@H]2C(NC(=O)C(C(=O)OCc3ccccc3)c3ccccc3)C(=O)N2C1C(=O)O. The van der Waals surface area contributed by atoms with Crippen LogP contribution in [0.25, 0.3) is 0 Å². The van der Waals surface area contributed by atoms with Crippen LogP contribution in [0.1, 0.15) is 30.9 Å². The highest BCUT2D eigenvalue weighted by Gasteiger charge is 2.64. The largest absolute Gasteiger partial charge is 0.480 e. The van der Waals surface area contributed by atoms with E-state index in [0.29, 0.717) is 5.56 Å². The standard InChI is InChI=1S/C24H24N2O6S/c1-24(2)18(22(29)30)26-20(28)17(21(26)33-24)25-19(27)16(15-11-7-4-8-12-15)23(31)32-13-14-9-5-3-6-10-14/h3-12,16-18,21H,13H2,1-2H3,(H,25,27)(H,29,30)/t16?,17?,18?,21-/m0/s1. The van der Waals surface area contributed by atoms with Gasteiger partial charge in [-0.05, 0) is 25.0 Å². The van der Waals surface area contributed by atoms with Crippen LogP contribution in [0.4, 0.5) is 0 Å². The second-order valence-electron chi connectivity index (χ2n) is 8.52. The molecule has 2 amide bonds. The van der Waals surface area contributed by atoms with E-state index in [4.69, 9.17) is 4.74 Å². The van der Waals surface area contributed by atoms with Crippen LogP contribution in [-0.4, -0.2) is 56.0 Å². The monoisotopic (exact) mass is 468 g/mol. The fourth-order valence-corrected chi connectivity index (χ4v) is 5.86. The summed E-state index contributed by atoms with van der Waals surface area (Å²) in [4.78, 5) is 51.9. The Kier molecular flexibility index (Phi) is 6.16. The zero-order valence-corrected chi connectivity index (χ0v) is 19.0. The number of ether oxygens (including phenoxy) is 1. The zero-order valence-electron chi connectivity index (χ0n) is 18.1. The van der Waals surface area contributed by atoms with Crippen molar-refractivity contribution in [1.82, 2.24) is 10.2 Å². The zero-order chi connectivity index (χ0) is 23.8. The number of hydrogen-bond acceptors (Lipinski definition) is 6. The molecule has 3 unspecified atom stereocenters. The number of thioether (sulfide) groups is 1. The predicted molar refractivity (Wildman–Crippen MR) is 121 cm³/mol. The third-order valence-electron chi connectivity index (χ3n) is 5.83. The van der Waals surface area contributed by atoms with Gasteiger partial charge in [0.15, 0.2) is 5.92 Å². The van der Waals surface area contributed by atoms with Crippen LogP contribution < -0.4 is 5.32 Å². The lowest BCUT2D eigenvalue weighted by molar-refractivity contribution is -0.161. The third-order valence-corrected chi connectivity index (χ3v) is 7.40. The molecule has 172 valence electrons. The molecule has 2 aliphatic heterocycles. The molecule has 2 N–H and O–H groups in total. The Morgan fingerprint density at radius 1 is 1.09 bits per heavy atom. The molecule has 2 fully saturated rings. The number of hydrogen-bond donors (Lipinski definition) is 2. The molecule has 4 rings (SSSR count). The van der Waals surface area contributed by atoms with E-state index >= 15 is 0 Å². The number of carbonyl (C=O) groups excluding carboxylic acids is 3. The maximum Gasteiger partial charge on any atom is 0.327 e. The van der Waals surface area contributed by atoms with E-state index in [-0.39, 0.29) is 6.61 Å². The molecule has 33 heavy (non-hydrogen) atoms. The smallest absolute Gasteiger partial charge is 0.327 e. The van der Waals surface area contributed by atoms with Crippen molar-refractivity contribution in [3.05, 3.63) is 71.8 Å². The normalized spacial score (nSPS) is 23.8. The second-order valence-corrected chi connectivity index (χ2v) is 10.3. The number of nitrogens with one attached hydrogen (secondary N) is 1. The van der Waals surface area contributed by atoms with Crippen LogP contribution in [-0.2, 0) is 30.5 Å². The Morgan fingerprint density at radius 3 is 2.30 bits per heavy atom. The minimum Gasteiger partial charge on any atom is -0.480 e. The summed E-state index contributed by atoms with van der Waals surface area (Å²) in [5.74, 6) is -4.20. The van der Waals surface area contributed by atoms with Gasteiger partial charge in [-0.25, -0.2) is 4.79 Å². The van der Waals surface area contributed by atoms with Crippen molar-refractivity contribution in [2.75, 3.05) is 0 Å². The van der Waals surface area contributed by atoms with Gasteiger partial charge < -0.3 is 20.1 Å². The molecule has 4 atom stereocenters. The second kappa shape index (κ2) is 8.90. The number of carboxylic acid groups (broad SMARTS) is 1. The average molecular weight is 469 g/mol. The highest BCUT2D eigenvalue weighted by atomic mass is 32.2. The average Bonchev–Trinajstić information content (AvgIpc) is 3.05. The number of carboxylic acids is 1. The number of fused-ring (bicyclic) bond motifs is 1. The number of rotatable bonds is 7. The van der Waals surface area contributed by atoms with E-state index in [1.807, 2.05) is 30.3 Å². The first-order valence-corrected chi connectivity index (χ1v) is 11.4. The molecular formula is C24H24N2O6S. The highest BCUT2D eigenvalue weighted by Crippen LogP contribution is 2.50. The molecule has 2 aliphatic rings. The van der Waals surface area contributed by atoms with Crippen LogP contribution in [0.3, 0.4) is 0 Å². The van der Waals surface area contributed by atoms with Gasteiger partial charge in [0.2, 0.25) is 11.8 Å². The third kappa shape index (κ3) is 4.32. The Balaban J connectivity index is 1.50. The summed E-state index contributed by atoms with van der Waals surface area (Å²) in [5.41, 5.74) is 1.23. The van der Waals surface area contributed by atoms with Crippen LogP contribution in [0, 0.1) is 0 Å². The Morgan fingerprint density at radius 2 is 1.70 bits per heavy atom. The van der Waals surface area contributed by atoms with Gasteiger partial charge in [0.1, 0.15) is 24.1 Å². The number of carbonyl (C=O) groups is 4. The fourth-order valence-electron chi connectivity index (χ4n) is 4.23. The molecule has 2 heterocycles. The van der Waals surface area contributed by atoms with E-state index in [1.165, 1.54) is 16.7 Å². The van der Waals surface area contributed by atoms with Crippen LogP contribution >= 0.6 is 11.8 Å². The van der Waals surface area contributed by atoms with Crippen LogP contribution in [0.2, 0.25) is 0 Å². The Hall–Kier alpha value is -3.33. The number of benzene rings is 2. The number of nitrogens with zero attached hydrogens (tertiary/aromatic N) is 1. The lowest BCUT2D eigenvalue weighted by Gasteiger charge is -2.43. The van der Waals surface area contributed by atoms with Crippen molar-refractivity contribution in [3.63, 3.8) is 0 Å². The van der Waals surface area contributed by atoms with E-state index in [0.717, 1.165) is 5.56 Å². The number of amides is 2. The summed E-state index contributed by atoms with van der Waals surface area (Å²) in [5, 5.41) is 11.7. The van der Waals surface area contributed by atoms with Gasteiger partial charge in [-0.2, -0.15) is 0 Å². The highest BCUT2D eigenvalue weighted by molar-refractivity contribution is 8.01.